The summed E-state index contributed by atoms with van der Waals surface area (Å²) in [5, 5.41) is 57.1. The van der Waals surface area contributed by atoms with E-state index in [1.807, 2.05) is 0 Å². The molecule has 0 atom stereocenters. The van der Waals surface area contributed by atoms with E-state index < -0.39 is 35.2 Å². The topological polar surface area (TPSA) is 181 Å². The van der Waals surface area contributed by atoms with Gasteiger partial charge in [0.2, 0.25) is 0 Å². The Kier molecular flexibility index (Phi) is 12.5. The minimum Gasteiger partial charge on any atom is -0.872 e. The molecule has 3 N–H and O–H groups in total. The number of carboxylic acids is 3. The summed E-state index contributed by atoms with van der Waals surface area (Å²) in [6.07, 6.45) is 0. The molecule has 9 nitrogen and oxygen atoms in total. The number of carboxylic acid groups (broad SMARTS) is 3. The second-order valence-corrected chi connectivity index (χ2v) is 5.40. The van der Waals surface area contributed by atoms with E-state index in [-0.39, 0.29) is 57.5 Å². The van der Waals surface area contributed by atoms with E-state index >= 15 is 0 Å². The molecule has 0 bridgehead atoms. The van der Waals surface area contributed by atoms with Gasteiger partial charge in [-0.05, 0) is 18.2 Å². The van der Waals surface area contributed by atoms with Crippen LogP contribution in [0.15, 0.2) is 72.8 Å². The average Bonchev–Trinajstić information content (AvgIpc) is 2.69. The van der Waals surface area contributed by atoms with E-state index in [9.17, 15) is 29.7 Å². The van der Waals surface area contributed by atoms with Gasteiger partial charge < -0.3 is 30.6 Å². The Morgan fingerprint density at radius 3 is 0.806 bits per heavy atom. The first-order valence-corrected chi connectivity index (χ1v) is 8.13. The minimum atomic E-state index is -1.18. The molecule has 0 amide bonds. The van der Waals surface area contributed by atoms with Crippen LogP contribution >= 0.6 is 0 Å². The fourth-order valence-corrected chi connectivity index (χ4v) is 1.93. The van der Waals surface area contributed by atoms with Crippen LogP contribution in [0.3, 0.4) is 0 Å². The number of benzene rings is 3. The SMILES string of the molecule is O=C(O)c1ccccc1[O-].O=C(O)c1ccccc1[O-].O=C(O)c1ccccc1[O-].[Nd+3]. The largest absolute Gasteiger partial charge is 3.00 e. The van der Waals surface area contributed by atoms with E-state index in [1.165, 1.54) is 72.8 Å². The standard InChI is InChI=1S/3C7H6O3.Nd/c3*8-6-4-2-1-3-5(6)7(9)10;/h3*1-4,8H,(H,9,10);/q;;;+3/p-3. The van der Waals surface area contributed by atoms with Crippen molar-refractivity contribution < 1.29 is 85.9 Å². The van der Waals surface area contributed by atoms with Gasteiger partial charge >= 0.3 is 58.7 Å². The van der Waals surface area contributed by atoms with Crippen LogP contribution in [0.4, 0.5) is 0 Å². The second kappa shape index (κ2) is 13.9. The molecule has 157 valence electrons. The molecule has 0 aliphatic heterocycles. The smallest absolute Gasteiger partial charge is 0.872 e. The Hall–Kier alpha value is -3.18. The van der Waals surface area contributed by atoms with Crippen molar-refractivity contribution in [3.8, 4) is 17.2 Å². The van der Waals surface area contributed by atoms with Crippen LogP contribution in [0, 0.1) is 40.8 Å². The first-order chi connectivity index (χ1) is 14.1. The summed E-state index contributed by atoms with van der Waals surface area (Å²) >= 11 is 0. The summed E-state index contributed by atoms with van der Waals surface area (Å²) in [6, 6.07) is 16.6. The zero-order valence-corrected chi connectivity index (χ0v) is 18.9. The monoisotopic (exact) mass is 553 g/mol. The van der Waals surface area contributed by atoms with Crippen molar-refractivity contribution in [1.82, 2.24) is 0 Å². The van der Waals surface area contributed by atoms with Gasteiger partial charge in [0.1, 0.15) is 0 Å². The van der Waals surface area contributed by atoms with Gasteiger partial charge in [-0.2, -0.15) is 0 Å². The van der Waals surface area contributed by atoms with Crippen molar-refractivity contribution in [2.45, 2.75) is 0 Å². The van der Waals surface area contributed by atoms with Crippen LogP contribution in [0.5, 0.6) is 17.2 Å². The van der Waals surface area contributed by atoms with E-state index in [0.717, 1.165) is 0 Å². The van der Waals surface area contributed by atoms with Gasteiger partial charge in [-0.15, -0.1) is 0 Å². The summed E-state index contributed by atoms with van der Waals surface area (Å²) in [6.45, 7) is 0. The molecule has 0 saturated heterocycles. The number of hydrogen-bond acceptors (Lipinski definition) is 6. The number of rotatable bonds is 3. The van der Waals surface area contributed by atoms with Crippen molar-refractivity contribution in [3.63, 3.8) is 0 Å². The van der Waals surface area contributed by atoms with Crippen LogP contribution in [0.2, 0.25) is 0 Å². The van der Waals surface area contributed by atoms with Gasteiger partial charge in [0.05, 0.1) is 16.7 Å². The van der Waals surface area contributed by atoms with Crippen LogP contribution in [-0.4, -0.2) is 33.2 Å². The third-order valence-electron chi connectivity index (χ3n) is 3.35. The molecule has 0 aliphatic carbocycles. The maximum absolute atomic E-state index is 10.7. The Bertz CT molecular complexity index is 903. The summed E-state index contributed by atoms with van der Waals surface area (Å²) in [5.74, 6) is -4.87. The molecule has 3 rings (SSSR count). The van der Waals surface area contributed by atoms with Crippen molar-refractivity contribution >= 4 is 17.9 Å². The molecule has 0 aliphatic rings. The van der Waals surface area contributed by atoms with Crippen LogP contribution in [-0.2, 0) is 0 Å². The molecule has 0 fully saturated rings. The van der Waals surface area contributed by atoms with Crippen molar-refractivity contribution in [2.75, 3.05) is 0 Å². The van der Waals surface area contributed by atoms with E-state index in [2.05, 4.69) is 0 Å². The quantitative estimate of drug-likeness (QED) is 0.430. The number of carbonyl (C=O) groups is 3. The molecule has 31 heavy (non-hydrogen) atoms. The molecule has 0 unspecified atom stereocenters. The maximum atomic E-state index is 10.7. The molecule has 3 aromatic rings. The molecular weight excluding hydrogens is 540 g/mol. The van der Waals surface area contributed by atoms with Gasteiger partial charge in [-0.3, -0.25) is 0 Å². The molecule has 3 aromatic carbocycles. The summed E-state index contributed by atoms with van der Waals surface area (Å²) in [5.41, 5.74) is -0.535. The average molecular weight is 556 g/mol. The second-order valence-electron chi connectivity index (χ2n) is 5.40. The first-order valence-electron chi connectivity index (χ1n) is 8.13. The van der Waals surface area contributed by atoms with Crippen molar-refractivity contribution in [3.05, 3.63) is 89.5 Å². The Labute approximate surface area is 209 Å². The predicted octanol–water partition coefficient (Wildman–Crippen LogP) is 1.38. The molecule has 0 spiro atoms. The van der Waals surface area contributed by atoms with Gasteiger partial charge in [0.15, 0.2) is 0 Å². The van der Waals surface area contributed by atoms with E-state index in [4.69, 9.17) is 15.3 Å². The number of hydrogen-bond donors (Lipinski definition) is 3. The normalized spacial score (nSPS) is 8.90. The van der Waals surface area contributed by atoms with Gasteiger partial charge in [-0.1, -0.05) is 71.8 Å². The van der Waals surface area contributed by atoms with Gasteiger partial charge in [-0.25, -0.2) is 14.4 Å². The Balaban J connectivity index is 0.000000429. The van der Waals surface area contributed by atoms with Crippen molar-refractivity contribution in [1.29, 1.82) is 0 Å². The zero-order chi connectivity index (χ0) is 22.7. The van der Waals surface area contributed by atoms with Gasteiger partial charge in [0.25, 0.3) is 0 Å². The number of aromatic carboxylic acids is 3. The van der Waals surface area contributed by atoms with Crippen molar-refractivity contribution in [2.24, 2.45) is 0 Å². The minimum absolute atomic E-state index is 0. The van der Waals surface area contributed by atoms with E-state index in [1.54, 1.807) is 0 Å². The Morgan fingerprint density at radius 2 is 0.677 bits per heavy atom. The van der Waals surface area contributed by atoms with E-state index in [0.29, 0.717) is 0 Å². The van der Waals surface area contributed by atoms with Crippen LogP contribution in [0.1, 0.15) is 31.1 Å². The fourth-order valence-electron chi connectivity index (χ4n) is 1.93. The van der Waals surface area contributed by atoms with Crippen LogP contribution in [0.25, 0.3) is 0 Å². The summed E-state index contributed by atoms with van der Waals surface area (Å²) < 4.78 is 0. The molecule has 0 aromatic heterocycles. The number of para-hydroxylation sites is 3. The predicted molar refractivity (Wildman–Crippen MR) is 98.5 cm³/mol. The molecule has 1 radical (unpaired) electrons. The van der Waals surface area contributed by atoms with Crippen LogP contribution < -0.4 is 15.3 Å². The first kappa shape index (κ1) is 27.8. The van der Waals surface area contributed by atoms with Gasteiger partial charge in [0, 0.05) is 0 Å². The fraction of sp³-hybridized carbons (Fsp3) is 0. The molecule has 0 heterocycles. The Morgan fingerprint density at radius 1 is 0.484 bits per heavy atom. The third kappa shape index (κ3) is 9.45. The maximum Gasteiger partial charge on any atom is 3.00 e. The molecule has 10 heteroatoms. The summed E-state index contributed by atoms with van der Waals surface area (Å²) in [7, 11) is 0. The molecule has 0 saturated carbocycles. The molecular formula is C21H15NdO9. The summed E-state index contributed by atoms with van der Waals surface area (Å²) in [4.78, 5) is 30.7. The zero-order valence-electron chi connectivity index (χ0n) is 15.7. The third-order valence-corrected chi connectivity index (χ3v) is 3.35.